The van der Waals surface area contributed by atoms with Gasteiger partial charge in [0.2, 0.25) is 0 Å². The Morgan fingerprint density at radius 2 is 1.47 bits per heavy atom. The Labute approximate surface area is 106 Å². The molecule has 0 spiro atoms. The van der Waals surface area contributed by atoms with Gasteiger partial charge in [0.1, 0.15) is 6.10 Å². The number of unbranched alkanes of at least 4 members (excludes halogenated alkanes) is 8. The lowest BCUT2D eigenvalue weighted by Gasteiger charge is -2.01. The Morgan fingerprint density at radius 1 is 0.882 bits per heavy atom. The van der Waals surface area contributed by atoms with Crippen LogP contribution in [0.1, 0.15) is 64.2 Å². The van der Waals surface area contributed by atoms with E-state index in [1.165, 1.54) is 57.8 Å². The van der Waals surface area contributed by atoms with Crippen LogP contribution >= 0.6 is 0 Å². The van der Waals surface area contributed by atoms with Crippen LogP contribution in [0.3, 0.4) is 0 Å². The van der Waals surface area contributed by atoms with Crippen LogP contribution in [0.2, 0.25) is 0 Å². The van der Waals surface area contributed by atoms with E-state index in [-0.39, 0.29) is 12.7 Å². The van der Waals surface area contributed by atoms with Crippen molar-refractivity contribution in [3.05, 3.63) is 12.7 Å². The molecule has 0 amide bonds. The molecule has 0 aromatic rings. The fourth-order valence-electron chi connectivity index (χ4n) is 2.29. The minimum atomic E-state index is 0.167. The number of epoxide rings is 1. The van der Waals surface area contributed by atoms with Crippen molar-refractivity contribution in [1.29, 1.82) is 0 Å². The van der Waals surface area contributed by atoms with Gasteiger partial charge in [-0.1, -0.05) is 51.0 Å². The summed E-state index contributed by atoms with van der Waals surface area (Å²) in [5, 5.41) is 8.81. The quantitative estimate of drug-likeness (QED) is 0.319. The molecule has 1 fully saturated rings. The van der Waals surface area contributed by atoms with E-state index in [1.807, 2.05) is 6.08 Å². The molecule has 0 unspecified atom stereocenters. The van der Waals surface area contributed by atoms with Crippen LogP contribution < -0.4 is 0 Å². The Hall–Kier alpha value is -0.340. The maximum Gasteiger partial charge on any atom is 0.107 e. The minimum absolute atomic E-state index is 0.167. The zero-order chi connectivity index (χ0) is 12.3. The first kappa shape index (κ1) is 14.7. The molecule has 0 bridgehead atoms. The molecule has 1 N–H and O–H groups in total. The molecule has 0 aromatic heterocycles. The Bertz CT molecular complexity index is 191. The van der Waals surface area contributed by atoms with Gasteiger partial charge in [-0.05, 0) is 19.3 Å². The number of rotatable bonds is 12. The summed E-state index contributed by atoms with van der Waals surface area (Å²) in [7, 11) is 0. The number of allylic oxidation sites excluding steroid dienone is 1. The van der Waals surface area contributed by atoms with Crippen molar-refractivity contribution in [1.82, 2.24) is 0 Å². The second kappa shape index (κ2) is 9.67. The van der Waals surface area contributed by atoms with Crippen molar-refractivity contribution >= 4 is 0 Å². The maximum atomic E-state index is 8.81. The average Bonchev–Trinajstić information content (AvgIpc) is 3.10. The van der Waals surface area contributed by atoms with Crippen molar-refractivity contribution in [2.75, 3.05) is 6.61 Å². The molecule has 0 radical (unpaired) electrons. The van der Waals surface area contributed by atoms with E-state index in [1.54, 1.807) is 0 Å². The van der Waals surface area contributed by atoms with Crippen molar-refractivity contribution in [2.45, 2.75) is 76.4 Å². The largest absolute Gasteiger partial charge is 0.394 e. The SMILES string of the molecule is C=CCCCCCCCCCC[C@H]1O[C@H]1CO. The molecular formula is C15H28O2. The highest BCUT2D eigenvalue weighted by Gasteiger charge is 2.36. The Kier molecular flexibility index (Phi) is 8.37. The summed E-state index contributed by atoms with van der Waals surface area (Å²) in [5.41, 5.74) is 0. The zero-order valence-electron chi connectivity index (χ0n) is 11.1. The van der Waals surface area contributed by atoms with Gasteiger partial charge < -0.3 is 9.84 Å². The number of hydrogen-bond acceptors (Lipinski definition) is 2. The Balaban J connectivity index is 1.69. The van der Waals surface area contributed by atoms with Gasteiger partial charge in [-0.2, -0.15) is 0 Å². The van der Waals surface area contributed by atoms with Gasteiger partial charge in [-0.15, -0.1) is 6.58 Å². The van der Waals surface area contributed by atoms with Gasteiger partial charge in [-0.3, -0.25) is 0 Å². The third-order valence-electron chi connectivity index (χ3n) is 3.51. The molecule has 0 aromatic carbocycles. The lowest BCUT2D eigenvalue weighted by Crippen LogP contribution is -1.98. The smallest absolute Gasteiger partial charge is 0.107 e. The first-order valence-corrected chi connectivity index (χ1v) is 7.25. The molecule has 0 aliphatic carbocycles. The summed E-state index contributed by atoms with van der Waals surface area (Å²) < 4.78 is 5.29. The van der Waals surface area contributed by atoms with E-state index in [9.17, 15) is 0 Å². The first-order chi connectivity index (χ1) is 8.38. The highest BCUT2D eigenvalue weighted by Crippen LogP contribution is 2.26. The van der Waals surface area contributed by atoms with E-state index >= 15 is 0 Å². The van der Waals surface area contributed by atoms with E-state index in [0.29, 0.717) is 6.10 Å². The summed E-state index contributed by atoms with van der Waals surface area (Å²) in [4.78, 5) is 0. The zero-order valence-corrected chi connectivity index (χ0v) is 11.1. The van der Waals surface area contributed by atoms with E-state index in [4.69, 9.17) is 9.84 Å². The molecule has 1 heterocycles. The predicted octanol–water partition coefficient (Wildman–Crippen LogP) is 3.83. The van der Waals surface area contributed by atoms with Crippen molar-refractivity contribution in [3.63, 3.8) is 0 Å². The fourth-order valence-corrected chi connectivity index (χ4v) is 2.29. The minimum Gasteiger partial charge on any atom is -0.394 e. The van der Waals surface area contributed by atoms with Crippen LogP contribution in [0.25, 0.3) is 0 Å². The molecule has 2 heteroatoms. The number of aliphatic hydroxyl groups excluding tert-OH is 1. The average molecular weight is 240 g/mol. The summed E-state index contributed by atoms with van der Waals surface area (Å²) in [6, 6.07) is 0. The van der Waals surface area contributed by atoms with Crippen LogP contribution in [-0.2, 0) is 4.74 Å². The third kappa shape index (κ3) is 7.56. The van der Waals surface area contributed by atoms with E-state index in [2.05, 4.69) is 6.58 Å². The van der Waals surface area contributed by atoms with Crippen LogP contribution in [0.4, 0.5) is 0 Å². The summed E-state index contributed by atoms with van der Waals surface area (Å²) in [6.45, 7) is 3.94. The summed E-state index contributed by atoms with van der Waals surface area (Å²) in [5.74, 6) is 0. The van der Waals surface area contributed by atoms with Gasteiger partial charge in [0, 0.05) is 0 Å². The van der Waals surface area contributed by atoms with Crippen LogP contribution in [0.5, 0.6) is 0 Å². The number of ether oxygens (including phenoxy) is 1. The molecular weight excluding hydrogens is 212 g/mol. The highest BCUT2D eigenvalue weighted by atomic mass is 16.6. The van der Waals surface area contributed by atoms with Gasteiger partial charge in [0.25, 0.3) is 0 Å². The van der Waals surface area contributed by atoms with E-state index < -0.39 is 0 Å². The second-order valence-corrected chi connectivity index (χ2v) is 5.09. The molecule has 17 heavy (non-hydrogen) atoms. The fraction of sp³-hybridized carbons (Fsp3) is 0.867. The predicted molar refractivity (Wildman–Crippen MR) is 72.1 cm³/mol. The molecule has 100 valence electrons. The monoisotopic (exact) mass is 240 g/mol. The molecule has 0 saturated carbocycles. The Morgan fingerprint density at radius 3 is 2.00 bits per heavy atom. The van der Waals surface area contributed by atoms with Crippen LogP contribution in [0, 0.1) is 0 Å². The first-order valence-electron chi connectivity index (χ1n) is 7.25. The molecule has 2 atom stereocenters. The molecule has 1 saturated heterocycles. The van der Waals surface area contributed by atoms with Gasteiger partial charge in [-0.25, -0.2) is 0 Å². The standard InChI is InChI=1S/C15H28O2/c1-2-3-4-5-6-7-8-9-10-11-12-14-15(13-16)17-14/h2,14-16H,1,3-13H2/t14-,15+/m1/s1. The molecule has 1 aliphatic rings. The van der Waals surface area contributed by atoms with Gasteiger partial charge in [0.15, 0.2) is 0 Å². The van der Waals surface area contributed by atoms with E-state index in [0.717, 1.165) is 6.42 Å². The lowest BCUT2D eigenvalue weighted by molar-refractivity contribution is 0.241. The topological polar surface area (TPSA) is 32.8 Å². The lowest BCUT2D eigenvalue weighted by atomic mass is 10.1. The summed E-state index contributed by atoms with van der Waals surface area (Å²) >= 11 is 0. The van der Waals surface area contributed by atoms with Gasteiger partial charge in [0.05, 0.1) is 12.7 Å². The molecule has 1 rings (SSSR count). The summed E-state index contributed by atoms with van der Waals surface area (Å²) in [6.07, 6.45) is 15.6. The van der Waals surface area contributed by atoms with Crippen molar-refractivity contribution in [2.24, 2.45) is 0 Å². The highest BCUT2D eigenvalue weighted by molar-refractivity contribution is 4.83. The normalized spacial score (nSPS) is 22.6. The van der Waals surface area contributed by atoms with Crippen LogP contribution in [-0.4, -0.2) is 23.9 Å². The van der Waals surface area contributed by atoms with Crippen LogP contribution in [0.15, 0.2) is 12.7 Å². The number of aliphatic hydroxyl groups is 1. The van der Waals surface area contributed by atoms with Gasteiger partial charge >= 0.3 is 0 Å². The molecule has 2 nitrogen and oxygen atoms in total. The maximum absolute atomic E-state index is 8.81. The molecule has 1 aliphatic heterocycles. The third-order valence-corrected chi connectivity index (χ3v) is 3.51. The second-order valence-electron chi connectivity index (χ2n) is 5.09. The van der Waals surface area contributed by atoms with Crippen molar-refractivity contribution in [3.8, 4) is 0 Å². The number of hydrogen-bond donors (Lipinski definition) is 1. The van der Waals surface area contributed by atoms with Crippen molar-refractivity contribution < 1.29 is 9.84 Å².